The van der Waals surface area contributed by atoms with Gasteiger partial charge in [-0.05, 0) is 76.9 Å². The Bertz CT molecular complexity index is 1040. The number of alkyl halides is 2. The average Bonchev–Trinajstić information content (AvgIpc) is 3.10. The van der Waals surface area contributed by atoms with Crippen molar-refractivity contribution in [2.24, 2.45) is 0 Å². The molecule has 1 aliphatic rings. The van der Waals surface area contributed by atoms with Gasteiger partial charge in [0.1, 0.15) is 11.6 Å². The van der Waals surface area contributed by atoms with E-state index in [-0.39, 0.29) is 11.6 Å². The van der Waals surface area contributed by atoms with Crippen LogP contribution >= 0.6 is 0 Å². The quantitative estimate of drug-likeness (QED) is 0.246. The average molecular weight is 425 g/mol. The summed E-state index contributed by atoms with van der Waals surface area (Å²) in [6, 6.07) is 16.2. The van der Waals surface area contributed by atoms with Gasteiger partial charge in [-0.1, -0.05) is 62.9 Å². The van der Waals surface area contributed by atoms with Crippen molar-refractivity contribution >= 4 is 0 Å². The van der Waals surface area contributed by atoms with Crippen LogP contribution in [0.1, 0.15) is 55.7 Å². The molecule has 0 unspecified atom stereocenters. The third kappa shape index (κ3) is 4.95. The van der Waals surface area contributed by atoms with Crippen molar-refractivity contribution in [2.45, 2.75) is 58.5 Å². The lowest BCUT2D eigenvalue weighted by atomic mass is 9.98. The molecule has 1 nitrogen and oxygen atoms in total. The van der Waals surface area contributed by atoms with Crippen LogP contribution in [0.3, 0.4) is 0 Å². The Balaban J connectivity index is 1.51. The zero-order chi connectivity index (χ0) is 21.8. The van der Waals surface area contributed by atoms with Crippen LogP contribution in [0.25, 0.3) is 22.3 Å². The summed E-state index contributed by atoms with van der Waals surface area (Å²) in [5.41, 5.74) is 6.87. The molecule has 0 aromatic heterocycles. The first-order valence-corrected chi connectivity index (χ1v) is 11.0. The zero-order valence-electron chi connectivity index (χ0n) is 17.8. The Morgan fingerprint density at radius 2 is 1.55 bits per heavy atom. The van der Waals surface area contributed by atoms with Gasteiger partial charge in [-0.2, -0.15) is 8.78 Å². The Labute approximate surface area is 181 Å². The fourth-order valence-electron chi connectivity index (χ4n) is 4.40. The maximum Gasteiger partial charge on any atom is 0.387 e. The monoisotopic (exact) mass is 424 g/mol. The molecule has 4 rings (SSSR count). The maximum atomic E-state index is 14.9. The van der Waals surface area contributed by atoms with E-state index < -0.39 is 6.61 Å². The lowest BCUT2D eigenvalue weighted by molar-refractivity contribution is -0.0498. The molecule has 162 valence electrons. The van der Waals surface area contributed by atoms with Gasteiger partial charge in [0.05, 0.1) is 0 Å². The molecule has 0 heterocycles. The zero-order valence-corrected chi connectivity index (χ0v) is 17.8. The van der Waals surface area contributed by atoms with Crippen LogP contribution in [0.2, 0.25) is 0 Å². The molecule has 0 saturated carbocycles. The topological polar surface area (TPSA) is 9.23 Å². The van der Waals surface area contributed by atoms with E-state index in [2.05, 4.69) is 29.9 Å². The number of halogens is 3. The molecular weight excluding hydrogens is 397 g/mol. The summed E-state index contributed by atoms with van der Waals surface area (Å²) in [6.45, 7) is -0.647. The summed E-state index contributed by atoms with van der Waals surface area (Å²) >= 11 is 0. The summed E-state index contributed by atoms with van der Waals surface area (Å²) in [5, 5.41) is 0. The van der Waals surface area contributed by atoms with Crippen molar-refractivity contribution in [1.29, 1.82) is 0 Å². The minimum Gasteiger partial charge on any atom is -0.435 e. The predicted molar refractivity (Wildman–Crippen MR) is 119 cm³/mol. The molecule has 31 heavy (non-hydrogen) atoms. The van der Waals surface area contributed by atoms with Gasteiger partial charge in [-0.3, -0.25) is 0 Å². The first-order chi connectivity index (χ1) is 15.0. The van der Waals surface area contributed by atoms with E-state index in [0.29, 0.717) is 11.1 Å². The molecule has 4 heteroatoms. The standard InChI is InChI=1S/C27H27F3O/c1-2-3-4-5-6-7-18-8-13-23-20(14-18)15-21-16-25(26(28)17-24(21)23)19-9-11-22(12-10-19)31-27(29)30/h8-14,16-17,27H,2-7,15H2,1H3. The highest BCUT2D eigenvalue weighted by molar-refractivity contribution is 5.81. The van der Waals surface area contributed by atoms with Crippen molar-refractivity contribution in [3.8, 4) is 28.0 Å². The van der Waals surface area contributed by atoms with E-state index >= 15 is 0 Å². The SMILES string of the molecule is CCCCCCCc1ccc2c(c1)Cc1cc(-c3ccc(OC(F)F)cc3)c(F)cc1-2. The number of fused-ring (bicyclic) bond motifs is 3. The van der Waals surface area contributed by atoms with Crippen LogP contribution in [-0.4, -0.2) is 6.61 Å². The first kappa shape index (κ1) is 21.5. The van der Waals surface area contributed by atoms with Gasteiger partial charge < -0.3 is 4.74 Å². The van der Waals surface area contributed by atoms with Crippen LogP contribution in [0.4, 0.5) is 13.2 Å². The Morgan fingerprint density at radius 1 is 0.806 bits per heavy atom. The van der Waals surface area contributed by atoms with Crippen LogP contribution in [0.15, 0.2) is 54.6 Å². The molecule has 3 aromatic carbocycles. The van der Waals surface area contributed by atoms with Crippen molar-refractivity contribution in [3.63, 3.8) is 0 Å². The third-order valence-electron chi connectivity index (χ3n) is 5.99. The predicted octanol–water partition coefficient (Wildman–Crippen LogP) is 8.18. The molecule has 0 aliphatic heterocycles. The minimum absolute atomic E-state index is 0.0648. The Hall–Kier alpha value is -2.75. The molecule has 0 radical (unpaired) electrons. The van der Waals surface area contributed by atoms with E-state index in [0.717, 1.165) is 29.5 Å². The maximum absolute atomic E-state index is 14.9. The fraction of sp³-hybridized carbons (Fsp3) is 0.333. The van der Waals surface area contributed by atoms with Crippen molar-refractivity contribution in [1.82, 2.24) is 0 Å². The Morgan fingerprint density at radius 3 is 2.29 bits per heavy atom. The van der Waals surface area contributed by atoms with Gasteiger partial charge in [-0.15, -0.1) is 0 Å². The van der Waals surface area contributed by atoms with Gasteiger partial charge in [0, 0.05) is 5.56 Å². The molecule has 1 aliphatic carbocycles. The second-order valence-corrected chi connectivity index (χ2v) is 8.22. The van der Waals surface area contributed by atoms with Crippen LogP contribution in [0, 0.1) is 5.82 Å². The highest BCUT2D eigenvalue weighted by Gasteiger charge is 2.21. The summed E-state index contributed by atoms with van der Waals surface area (Å²) in [4.78, 5) is 0. The molecule has 0 atom stereocenters. The number of unbranched alkanes of at least 4 members (excludes halogenated alkanes) is 4. The van der Waals surface area contributed by atoms with Crippen molar-refractivity contribution in [2.75, 3.05) is 0 Å². The first-order valence-electron chi connectivity index (χ1n) is 11.0. The van der Waals surface area contributed by atoms with E-state index in [1.54, 1.807) is 18.2 Å². The summed E-state index contributed by atoms with van der Waals surface area (Å²) in [5.74, 6) is -0.246. The van der Waals surface area contributed by atoms with Crippen molar-refractivity contribution in [3.05, 3.63) is 77.1 Å². The Kier molecular flexibility index (Phi) is 6.64. The fourth-order valence-corrected chi connectivity index (χ4v) is 4.40. The smallest absolute Gasteiger partial charge is 0.387 e. The van der Waals surface area contributed by atoms with Gasteiger partial charge >= 0.3 is 6.61 Å². The molecule has 0 spiro atoms. The highest BCUT2D eigenvalue weighted by Crippen LogP contribution is 2.40. The van der Waals surface area contributed by atoms with Gasteiger partial charge in [0.15, 0.2) is 0 Å². The molecule has 0 fully saturated rings. The van der Waals surface area contributed by atoms with Gasteiger partial charge in [0.25, 0.3) is 0 Å². The van der Waals surface area contributed by atoms with E-state index in [9.17, 15) is 13.2 Å². The van der Waals surface area contributed by atoms with E-state index in [1.165, 1.54) is 55.4 Å². The third-order valence-corrected chi connectivity index (χ3v) is 5.99. The number of ether oxygens (including phenoxy) is 1. The van der Waals surface area contributed by atoms with E-state index in [4.69, 9.17) is 0 Å². The molecule has 3 aromatic rings. The van der Waals surface area contributed by atoms with Crippen molar-refractivity contribution < 1.29 is 17.9 Å². The molecule has 0 amide bonds. The second-order valence-electron chi connectivity index (χ2n) is 8.22. The largest absolute Gasteiger partial charge is 0.435 e. The number of aryl methyl sites for hydroxylation is 1. The number of hydrogen-bond acceptors (Lipinski definition) is 1. The minimum atomic E-state index is -2.87. The summed E-state index contributed by atoms with van der Waals surface area (Å²) in [7, 11) is 0. The van der Waals surface area contributed by atoms with Gasteiger partial charge in [-0.25, -0.2) is 4.39 Å². The normalized spacial score (nSPS) is 12.2. The molecule has 0 N–H and O–H groups in total. The van der Waals surface area contributed by atoms with Crippen LogP contribution in [-0.2, 0) is 12.8 Å². The summed E-state index contributed by atoms with van der Waals surface area (Å²) < 4.78 is 44.0. The lowest BCUT2D eigenvalue weighted by Crippen LogP contribution is -2.01. The molecule has 0 saturated heterocycles. The van der Waals surface area contributed by atoms with Crippen LogP contribution in [0.5, 0.6) is 5.75 Å². The van der Waals surface area contributed by atoms with Crippen LogP contribution < -0.4 is 4.74 Å². The van der Waals surface area contributed by atoms with Gasteiger partial charge in [0.2, 0.25) is 0 Å². The summed E-state index contributed by atoms with van der Waals surface area (Å²) in [6.07, 6.45) is 8.19. The number of hydrogen-bond donors (Lipinski definition) is 0. The lowest BCUT2D eigenvalue weighted by Gasteiger charge is -2.09. The van der Waals surface area contributed by atoms with E-state index in [1.807, 2.05) is 6.07 Å². The molecule has 0 bridgehead atoms. The molecular formula is C27H27F3O. The number of rotatable bonds is 9. The second kappa shape index (κ2) is 9.59. The highest BCUT2D eigenvalue weighted by atomic mass is 19.3. The number of benzene rings is 3.